The summed E-state index contributed by atoms with van der Waals surface area (Å²) in [5.74, 6) is 1.65. The smallest absolute Gasteiger partial charge is 0.126 e. The lowest BCUT2D eigenvalue weighted by Crippen LogP contribution is -2.08. The summed E-state index contributed by atoms with van der Waals surface area (Å²) in [6, 6.07) is 4.28. The van der Waals surface area contributed by atoms with Gasteiger partial charge in [0, 0.05) is 5.56 Å². The van der Waals surface area contributed by atoms with E-state index in [1.807, 2.05) is 33.8 Å². The molecule has 1 aromatic carbocycles. The Kier molecular flexibility index (Phi) is 4.61. The predicted molar refractivity (Wildman–Crippen MR) is 72.2 cm³/mol. The van der Waals surface area contributed by atoms with E-state index in [9.17, 15) is 5.26 Å². The zero-order valence-electron chi connectivity index (χ0n) is 12.0. The minimum Gasteiger partial charge on any atom is -0.496 e. The second kappa shape index (κ2) is 5.77. The molecule has 0 amide bonds. The van der Waals surface area contributed by atoms with Gasteiger partial charge in [0.2, 0.25) is 0 Å². The molecule has 1 atom stereocenters. The average Bonchev–Trinajstić information content (AvgIpc) is 2.34. The van der Waals surface area contributed by atoms with Crippen molar-refractivity contribution >= 4 is 0 Å². The van der Waals surface area contributed by atoms with Gasteiger partial charge in [-0.15, -0.1) is 0 Å². The molecule has 0 heterocycles. The minimum absolute atomic E-state index is 0.187. The quantitative estimate of drug-likeness (QED) is 0.816. The van der Waals surface area contributed by atoms with Crippen LogP contribution in [-0.2, 0) is 0 Å². The van der Waals surface area contributed by atoms with Crippen molar-refractivity contribution in [1.82, 2.24) is 0 Å². The van der Waals surface area contributed by atoms with Gasteiger partial charge in [-0.2, -0.15) is 5.26 Å². The zero-order valence-corrected chi connectivity index (χ0v) is 12.0. The van der Waals surface area contributed by atoms with E-state index in [2.05, 4.69) is 6.07 Å². The first-order chi connectivity index (χ1) is 8.47. The summed E-state index contributed by atoms with van der Waals surface area (Å²) in [7, 11) is 3.29. The number of hydrogen-bond acceptors (Lipinski definition) is 3. The molecule has 0 saturated carbocycles. The van der Waals surface area contributed by atoms with Crippen LogP contribution in [0.5, 0.6) is 11.5 Å². The molecule has 0 N–H and O–H groups in total. The van der Waals surface area contributed by atoms with Gasteiger partial charge in [0.15, 0.2) is 0 Å². The molecular formula is C15H21NO2. The second-order valence-electron chi connectivity index (χ2n) is 4.80. The molecule has 0 aromatic heterocycles. The molecule has 18 heavy (non-hydrogen) atoms. The first kappa shape index (κ1) is 14.4. The molecule has 3 nitrogen and oxygen atoms in total. The van der Waals surface area contributed by atoms with E-state index in [0.29, 0.717) is 0 Å². The standard InChI is InChI=1S/C15H21NO2/c1-9(2)13(8-16)12-7-14(17-5)10(3)11(4)15(12)18-6/h7,9,13H,1-6H3. The van der Waals surface area contributed by atoms with Crippen LogP contribution < -0.4 is 9.47 Å². The largest absolute Gasteiger partial charge is 0.496 e. The van der Waals surface area contributed by atoms with Crippen molar-refractivity contribution in [3.8, 4) is 17.6 Å². The average molecular weight is 247 g/mol. The molecule has 1 rings (SSSR count). The molecule has 0 radical (unpaired) electrons. The van der Waals surface area contributed by atoms with Crippen molar-refractivity contribution in [2.75, 3.05) is 14.2 Å². The van der Waals surface area contributed by atoms with Gasteiger partial charge in [-0.3, -0.25) is 0 Å². The van der Waals surface area contributed by atoms with Gasteiger partial charge in [0.25, 0.3) is 0 Å². The zero-order chi connectivity index (χ0) is 13.9. The van der Waals surface area contributed by atoms with Gasteiger partial charge in [0.05, 0.1) is 26.2 Å². The second-order valence-corrected chi connectivity index (χ2v) is 4.80. The van der Waals surface area contributed by atoms with Gasteiger partial charge < -0.3 is 9.47 Å². The summed E-state index contributed by atoms with van der Waals surface area (Å²) in [5, 5.41) is 9.35. The van der Waals surface area contributed by atoms with E-state index in [-0.39, 0.29) is 11.8 Å². The van der Waals surface area contributed by atoms with E-state index >= 15 is 0 Å². The Morgan fingerprint density at radius 3 is 2.11 bits per heavy atom. The lowest BCUT2D eigenvalue weighted by Gasteiger charge is -2.21. The molecule has 1 unspecified atom stereocenters. The number of rotatable bonds is 4. The van der Waals surface area contributed by atoms with E-state index in [0.717, 1.165) is 28.2 Å². The SMILES string of the molecule is COc1cc(C(C#N)C(C)C)c(OC)c(C)c1C. The number of benzene rings is 1. The first-order valence-corrected chi connectivity index (χ1v) is 6.09. The lowest BCUT2D eigenvalue weighted by atomic mass is 9.87. The highest BCUT2D eigenvalue weighted by Crippen LogP contribution is 2.39. The third-order valence-corrected chi connectivity index (χ3v) is 3.39. The molecule has 0 aliphatic carbocycles. The van der Waals surface area contributed by atoms with Gasteiger partial charge in [-0.25, -0.2) is 0 Å². The molecule has 0 saturated heterocycles. The van der Waals surface area contributed by atoms with Crippen molar-refractivity contribution in [2.24, 2.45) is 5.92 Å². The maximum Gasteiger partial charge on any atom is 0.126 e. The Hall–Kier alpha value is -1.69. The van der Waals surface area contributed by atoms with Crippen LogP contribution in [0.15, 0.2) is 6.07 Å². The van der Waals surface area contributed by atoms with Gasteiger partial charge in [0.1, 0.15) is 11.5 Å². The number of hydrogen-bond donors (Lipinski definition) is 0. The summed E-state index contributed by atoms with van der Waals surface area (Å²) in [5.41, 5.74) is 3.00. The maximum atomic E-state index is 9.35. The van der Waals surface area contributed by atoms with Crippen LogP contribution in [0.1, 0.15) is 36.5 Å². The highest BCUT2D eigenvalue weighted by molar-refractivity contribution is 5.55. The molecule has 3 heteroatoms. The highest BCUT2D eigenvalue weighted by Gasteiger charge is 2.23. The number of nitrogens with zero attached hydrogens (tertiary/aromatic N) is 1. The molecule has 0 spiro atoms. The molecule has 98 valence electrons. The molecule has 0 bridgehead atoms. The van der Waals surface area contributed by atoms with E-state index < -0.39 is 0 Å². The topological polar surface area (TPSA) is 42.2 Å². The molecule has 0 aliphatic heterocycles. The Morgan fingerprint density at radius 1 is 1.11 bits per heavy atom. The Morgan fingerprint density at radius 2 is 1.72 bits per heavy atom. The van der Waals surface area contributed by atoms with Crippen molar-refractivity contribution in [1.29, 1.82) is 5.26 Å². The monoisotopic (exact) mass is 247 g/mol. The van der Waals surface area contributed by atoms with Gasteiger partial charge in [-0.1, -0.05) is 13.8 Å². The summed E-state index contributed by atoms with van der Waals surface area (Å²) in [4.78, 5) is 0. The van der Waals surface area contributed by atoms with Crippen molar-refractivity contribution in [3.63, 3.8) is 0 Å². The van der Waals surface area contributed by atoms with Crippen LogP contribution in [0.25, 0.3) is 0 Å². The van der Waals surface area contributed by atoms with Crippen molar-refractivity contribution in [2.45, 2.75) is 33.6 Å². The van der Waals surface area contributed by atoms with Crippen LogP contribution >= 0.6 is 0 Å². The normalized spacial score (nSPS) is 12.1. The van der Waals surface area contributed by atoms with Crippen LogP contribution in [0.3, 0.4) is 0 Å². The third kappa shape index (κ3) is 2.43. The molecular weight excluding hydrogens is 226 g/mol. The van der Waals surface area contributed by atoms with Crippen molar-refractivity contribution in [3.05, 3.63) is 22.8 Å². The molecule has 0 fully saturated rings. The fourth-order valence-corrected chi connectivity index (χ4v) is 2.18. The highest BCUT2D eigenvalue weighted by atomic mass is 16.5. The van der Waals surface area contributed by atoms with Gasteiger partial charge >= 0.3 is 0 Å². The Balaban J connectivity index is 3.52. The predicted octanol–water partition coefficient (Wildman–Crippen LogP) is 3.58. The summed E-state index contributed by atoms with van der Waals surface area (Å²) < 4.78 is 10.9. The van der Waals surface area contributed by atoms with Crippen LogP contribution in [0, 0.1) is 31.1 Å². The Bertz CT molecular complexity index is 472. The van der Waals surface area contributed by atoms with E-state index in [1.165, 1.54) is 0 Å². The number of methoxy groups -OCH3 is 2. The Labute approximate surface area is 109 Å². The fourth-order valence-electron chi connectivity index (χ4n) is 2.18. The van der Waals surface area contributed by atoms with Gasteiger partial charge in [-0.05, 0) is 37.0 Å². The lowest BCUT2D eigenvalue weighted by molar-refractivity contribution is 0.388. The molecule has 0 aliphatic rings. The molecule has 1 aromatic rings. The van der Waals surface area contributed by atoms with Crippen LogP contribution in [0.4, 0.5) is 0 Å². The fraction of sp³-hybridized carbons (Fsp3) is 0.533. The minimum atomic E-state index is -0.187. The van der Waals surface area contributed by atoms with Crippen LogP contribution in [0.2, 0.25) is 0 Å². The number of ether oxygens (including phenoxy) is 2. The van der Waals surface area contributed by atoms with E-state index in [1.54, 1.807) is 14.2 Å². The summed E-state index contributed by atoms with van der Waals surface area (Å²) in [6.45, 7) is 8.07. The van der Waals surface area contributed by atoms with E-state index in [4.69, 9.17) is 9.47 Å². The summed E-state index contributed by atoms with van der Waals surface area (Å²) in [6.07, 6.45) is 0. The summed E-state index contributed by atoms with van der Waals surface area (Å²) >= 11 is 0. The van der Waals surface area contributed by atoms with Crippen LogP contribution in [-0.4, -0.2) is 14.2 Å². The number of nitriles is 1. The maximum absolute atomic E-state index is 9.35. The van der Waals surface area contributed by atoms with Crippen molar-refractivity contribution < 1.29 is 9.47 Å². The first-order valence-electron chi connectivity index (χ1n) is 6.09. The third-order valence-electron chi connectivity index (χ3n) is 3.39.